The van der Waals surface area contributed by atoms with Crippen molar-refractivity contribution in [1.29, 1.82) is 0 Å². The number of rotatable bonds is 8. The predicted molar refractivity (Wildman–Crippen MR) is 82.1 cm³/mol. The van der Waals surface area contributed by atoms with Crippen LogP contribution < -0.4 is 0 Å². The Morgan fingerprint density at radius 1 is 1.12 bits per heavy atom. The minimum Gasteiger partial charge on any atom is -0.377 e. The lowest BCUT2D eigenvalue weighted by molar-refractivity contribution is -0.199. The number of ether oxygens (including phenoxy) is 1. The van der Waals surface area contributed by atoms with Gasteiger partial charge in [0.1, 0.15) is 0 Å². The Balaban J connectivity index is 1.75. The number of hydroxylamine groups is 2. The third-order valence-electron chi connectivity index (χ3n) is 3.75. The number of imide groups is 2. The molecule has 0 spiro atoms. The van der Waals surface area contributed by atoms with E-state index in [1.165, 1.54) is 12.2 Å². The fraction of sp³-hybridized carbons (Fsp3) is 0.625. The summed E-state index contributed by atoms with van der Waals surface area (Å²) in [7, 11) is 0. The number of nitrogens with zero attached hydrogens (tertiary/aromatic N) is 2. The summed E-state index contributed by atoms with van der Waals surface area (Å²) in [5.41, 5.74) is 0. The van der Waals surface area contributed by atoms with Crippen LogP contribution in [0, 0.1) is 5.92 Å². The molecule has 0 aromatic heterocycles. The molecule has 1 fully saturated rings. The zero-order chi connectivity index (χ0) is 17.9. The Hall–Kier alpha value is -2.06. The molecule has 0 aromatic carbocycles. The highest BCUT2D eigenvalue weighted by Gasteiger charge is 2.40. The largest absolute Gasteiger partial charge is 0.377 e. The van der Waals surface area contributed by atoms with E-state index in [-0.39, 0.29) is 55.4 Å². The molecule has 0 bridgehead atoms. The van der Waals surface area contributed by atoms with E-state index in [4.69, 9.17) is 9.57 Å². The molecule has 2 heterocycles. The summed E-state index contributed by atoms with van der Waals surface area (Å²) in [6.07, 6.45) is 2.38. The molecule has 2 unspecified atom stereocenters. The molecule has 8 heteroatoms. The molecule has 0 saturated carbocycles. The zero-order valence-corrected chi connectivity index (χ0v) is 14.1. The smallest absolute Gasteiger partial charge is 0.257 e. The number of carbonyl (C=O) groups excluding carboxylic acids is 4. The molecule has 24 heavy (non-hydrogen) atoms. The van der Waals surface area contributed by atoms with E-state index in [9.17, 15) is 19.2 Å². The lowest BCUT2D eigenvalue weighted by atomic mass is 10.0. The molecular formula is C16H22N2O6. The van der Waals surface area contributed by atoms with Crippen molar-refractivity contribution in [2.45, 2.75) is 45.8 Å². The first-order valence-corrected chi connectivity index (χ1v) is 7.98. The van der Waals surface area contributed by atoms with Crippen molar-refractivity contribution in [2.24, 2.45) is 5.92 Å². The molecule has 0 aliphatic carbocycles. The van der Waals surface area contributed by atoms with Gasteiger partial charge in [0.2, 0.25) is 0 Å². The summed E-state index contributed by atoms with van der Waals surface area (Å²) >= 11 is 0. The Bertz CT molecular complexity index is 553. The van der Waals surface area contributed by atoms with Crippen molar-refractivity contribution in [3.63, 3.8) is 0 Å². The maximum atomic E-state index is 12.2. The molecule has 4 amide bonds. The van der Waals surface area contributed by atoms with Crippen molar-refractivity contribution in [3.05, 3.63) is 12.2 Å². The maximum Gasteiger partial charge on any atom is 0.257 e. The molecule has 8 nitrogen and oxygen atoms in total. The summed E-state index contributed by atoms with van der Waals surface area (Å²) in [5.74, 6) is -1.87. The number of carbonyl (C=O) groups is 4. The van der Waals surface area contributed by atoms with Gasteiger partial charge in [0, 0.05) is 18.6 Å². The summed E-state index contributed by atoms with van der Waals surface area (Å²) in [6, 6.07) is 0. The van der Waals surface area contributed by atoms with Gasteiger partial charge in [-0.25, -0.2) is 0 Å². The monoisotopic (exact) mass is 338 g/mol. The Kier molecular flexibility index (Phi) is 5.84. The second kappa shape index (κ2) is 7.67. The molecule has 2 aliphatic rings. The van der Waals surface area contributed by atoms with E-state index >= 15 is 0 Å². The molecule has 2 atom stereocenters. The Morgan fingerprint density at radius 3 is 2.33 bits per heavy atom. The first-order chi connectivity index (χ1) is 11.3. The van der Waals surface area contributed by atoms with Gasteiger partial charge in [0.05, 0.1) is 31.3 Å². The highest BCUT2D eigenvalue weighted by Crippen LogP contribution is 2.25. The molecule has 0 aromatic rings. The van der Waals surface area contributed by atoms with Crippen molar-refractivity contribution < 1.29 is 28.8 Å². The van der Waals surface area contributed by atoms with Gasteiger partial charge in [-0.2, -0.15) is 5.06 Å². The van der Waals surface area contributed by atoms with Crippen LogP contribution in [0.5, 0.6) is 0 Å². The van der Waals surface area contributed by atoms with Crippen LogP contribution in [0.15, 0.2) is 12.2 Å². The summed E-state index contributed by atoms with van der Waals surface area (Å²) < 4.78 is 5.57. The third-order valence-corrected chi connectivity index (χ3v) is 3.75. The van der Waals surface area contributed by atoms with E-state index < -0.39 is 5.92 Å². The molecule has 2 aliphatic heterocycles. The van der Waals surface area contributed by atoms with E-state index in [2.05, 4.69) is 0 Å². The summed E-state index contributed by atoms with van der Waals surface area (Å²) in [6.45, 7) is 5.62. The number of hydrogen-bond donors (Lipinski definition) is 0. The second-order valence-corrected chi connectivity index (χ2v) is 6.16. The van der Waals surface area contributed by atoms with Gasteiger partial charge in [-0.15, -0.1) is 0 Å². The molecule has 0 radical (unpaired) electrons. The van der Waals surface area contributed by atoms with Gasteiger partial charge in [-0.3, -0.25) is 28.9 Å². The van der Waals surface area contributed by atoms with Crippen LogP contribution in [-0.2, 0) is 28.8 Å². The minimum absolute atomic E-state index is 0.103. The van der Waals surface area contributed by atoms with Gasteiger partial charge in [0.25, 0.3) is 23.6 Å². The maximum absolute atomic E-state index is 12.2. The highest BCUT2D eigenvalue weighted by molar-refractivity contribution is 6.12. The van der Waals surface area contributed by atoms with E-state index in [0.717, 1.165) is 9.96 Å². The van der Waals surface area contributed by atoms with Crippen molar-refractivity contribution in [1.82, 2.24) is 9.96 Å². The van der Waals surface area contributed by atoms with E-state index in [1.807, 2.05) is 0 Å². The fourth-order valence-electron chi connectivity index (χ4n) is 2.64. The van der Waals surface area contributed by atoms with Crippen LogP contribution in [0.3, 0.4) is 0 Å². The molecule has 2 rings (SSSR count). The summed E-state index contributed by atoms with van der Waals surface area (Å²) in [4.78, 5) is 53.1. The average molecular weight is 338 g/mol. The average Bonchev–Trinajstić information content (AvgIpc) is 2.94. The first-order valence-electron chi connectivity index (χ1n) is 7.98. The standard InChI is InChI=1S/C16H22N2O6/c1-10(2)24-18-15(21)9-12(16(18)22)8-11(3)23-7-6-17-13(19)4-5-14(17)20/h4-5,10-12H,6-9H2,1-3H3. The topological polar surface area (TPSA) is 93.2 Å². The van der Waals surface area contributed by atoms with Crippen LogP contribution in [0.2, 0.25) is 0 Å². The Labute approximate surface area is 140 Å². The Morgan fingerprint density at radius 2 is 1.75 bits per heavy atom. The molecule has 0 N–H and O–H groups in total. The first kappa shape index (κ1) is 18.3. The van der Waals surface area contributed by atoms with Crippen LogP contribution in [0.4, 0.5) is 0 Å². The molecular weight excluding hydrogens is 316 g/mol. The zero-order valence-electron chi connectivity index (χ0n) is 14.1. The van der Waals surface area contributed by atoms with Gasteiger partial charge in [-0.05, 0) is 27.2 Å². The van der Waals surface area contributed by atoms with Gasteiger partial charge in [-0.1, -0.05) is 0 Å². The van der Waals surface area contributed by atoms with Gasteiger partial charge < -0.3 is 4.74 Å². The van der Waals surface area contributed by atoms with Gasteiger partial charge in [0.15, 0.2) is 0 Å². The number of hydrogen-bond acceptors (Lipinski definition) is 6. The molecule has 132 valence electrons. The van der Waals surface area contributed by atoms with E-state index in [0.29, 0.717) is 6.42 Å². The van der Waals surface area contributed by atoms with Crippen molar-refractivity contribution >= 4 is 23.6 Å². The van der Waals surface area contributed by atoms with Crippen LogP contribution in [0.1, 0.15) is 33.6 Å². The molecule has 1 saturated heterocycles. The normalized spacial score (nSPS) is 22.4. The quantitative estimate of drug-likeness (QED) is 0.596. The minimum atomic E-state index is -0.469. The highest BCUT2D eigenvalue weighted by atomic mass is 16.7. The van der Waals surface area contributed by atoms with Crippen LogP contribution in [-0.4, -0.2) is 59.0 Å². The SMILES string of the molecule is CC(C)ON1C(=O)CC(CC(C)OCCN2C(=O)C=CC2=O)C1=O. The van der Waals surface area contributed by atoms with E-state index in [1.54, 1.807) is 20.8 Å². The third kappa shape index (κ3) is 4.27. The second-order valence-electron chi connectivity index (χ2n) is 6.16. The lowest BCUT2D eigenvalue weighted by Crippen LogP contribution is -2.35. The lowest BCUT2D eigenvalue weighted by Gasteiger charge is -2.19. The van der Waals surface area contributed by atoms with Crippen molar-refractivity contribution in [3.8, 4) is 0 Å². The number of amides is 4. The van der Waals surface area contributed by atoms with Crippen LogP contribution >= 0.6 is 0 Å². The van der Waals surface area contributed by atoms with Crippen LogP contribution in [0.25, 0.3) is 0 Å². The summed E-state index contributed by atoms with van der Waals surface area (Å²) in [5, 5.41) is 0.843. The predicted octanol–water partition coefficient (Wildman–Crippen LogP) is 0.422. The fourth-order valence-corrected chi connectivity index (χ4v) is 2.64. The van der Waals surface area contributed by atoms with Gasteiger partial charge >= 0.3 is 0 Å². The van der Waals surface area contributed by atoms with Crippen molar-refractivity contribution in [2.75, 3.05) is 13.2 Å².